The molecule has 6 heteroatoms. The third-order valence-electron chi connectivity index (χ3n) is 6.13. The van der Waals surface area contributed by atoms with Crippen LogP contribution in [0.4, 0.5) is 10.5 Å². The van der Waals surface area contributed by atoms with E-state index < -0.39 is 18.1 Å². The Morgan fingerprint density at radius 1 is 1.00 bits per heavy atom. The predicted octanol–water partition coefficient (Wildman–Crippen LogP) is 4.81. The maximum absolute atomic E-state index is 12.5. The lowest BCUT2D eigenvalue weighted by atomic mass is 9.98. The standard InChI is InChI=1S/C27H28N2O4/c1-18-8-7-9-19(16-18)29(2)15-14-25(26(30)31)28-27(32)33-17-24-22-12-5-3-10-20(22)21-11-4-6-13-23(21)24/h3-13,16,24-25H,14-15,17H2,1-2H3,(H,28,32)(H,30,31)/t25-/m0/s1. The summed E-state index contributed by atoms with van der Waals surface area (Å²) in [5.41, 5.74) is 6.64. The van der Waals surface area contributed by atoms with Crippen LogP contribution in [0.15, 0.2) is 72.8 Å². The molecule has 1 aliphatic carbocycles. The van der Waals surface area contributed by atoms with Crippen LogP contribution in [0.1, 0.15) is 29.0 Å². The highest BCUT2D eigenvalue weighted by atomic mass is 16.5. The zero-order chi connectivity index (χ0) is 23.4. The van der Waals surface area contributed by atoms with Gasteiger partial charge in [0, 0.05) is 25.2 Å². The first kappa shape index (κ1) is 22.4. The number of aliphatic carboxylic acids is 1. The smallest absolute Gasteiger partial charge is 0.407 e. The molecule has 0 radical (unpaired) electrons. The van der Waals surface area contributed by atoms with Crippen molar-refractivity contribution in [3.05, 3.63) is 89.5 Å². The molecule has 0 aromatic heterocycles. The Kier molecular flexibility index (Phi) is 6.63. The fourth-order valence-corrected chi connectivity index (χ4v) is 4.36. The molecular formula is C27H28N2O4. The number of nitrogens with one attached hydrogen (secondary N) is 1. The molecule has 0 unspecified atom stereocenters. The molecule has 6 nitrogen and oxygen atoms in total. The molecule has 1 amide bonds. The zero-order valence-electron chi connectivity index (χ0n) is 18.8. The second-order valence-corrected chi connectivity index (χ2v) is 8.41. The van der Waals surface area contributed by atoms with Gasteiger partial charge in [-0.25, -0.2) is 9.59 Å². The molecule has 0 saturated heterocycles. The van der Waals surface area contributed by atoms with E-state index in [4.69, 9.17) is 4.74 Å². The molecule has 0 heterocycles. The topological polar surface area (TPSA) is 78.9 Å². The fourth-order valence-electron chi connectivity index (χ4n) is 4.36. The van der Waals surface area contributed by atoms with Crippen molar-refractivity contribution in [1.29, 1.82) is 0 Å². The Morgan fingerprint density at radius 2 is 1.64 bits per heavy atom. The molecule has 4 rings (SSSR count). The van der Waals surface area contributed by atoms with Gasteiger partial charge in [0.25, 0.3) is 0 Å². The van der Waals surface area contributed by atoms with Crippen molar-refractivity contribution in [2.45, 2.75) is 25.3 Å². The second kappa shape index (κ2) is 9.77. The molecule has 0 bridgehead atoms. The van der Waals surface area contributed by atoms with Gasteiger partial charge in [-0.1, -0.05) is 60.7 Å². The molecule has 0 fully saturated rings. The van der Waals surface area contributed by atoms with Gasteiger partial charge in [-0.2, -0.15) is 0 Å². The average molecular weight is 445 g/mol. The maximum Gasteiger partial charge on any atom is 0.407 e. The van der Waals surface area contributed by atoms with E-state index in [9.17, 15) is 14.7 Å². The van der Waals surface area contributed by atoms with E-state index in [1.165, 1.54) is 0 Å². The number of carboxylic acids is 1. The first-order valence-corrected chi connectivity index (χ1v) is 11.1. The summed E-state index contributed by atoms with van der Waals surface area (Å²) in [7, 11) is 1.90. The molecule has 3 aromatic rings. The maximum atomic E-state index is 12.5. The number of nitrogens with zero attached hydrogens (tertiary/aromatic N) is 1. The van der Waals surface area contributed by atoms with Crippen LogP contribution >= 0.6 is 0 Å². The van der Waals surface area contributed by atoms with E-state index >= 15 is 0 Å². The molecule has 170 valence electrons. The highest BCUT2D eigenvalue weighted by molar-refractivity contribution is 5.81. The normalized spacial score (nSPS) is 13.0. The van der Waals surface area contributed by atoms with Crippen molar-refractivity contribution in [1.82, 2.24) is 5.32 Å². The fraction of sp³-hybridized carbons (Fsp3) is 0.259. The van der Waals surface area contributed by atoms with Crippen LogP contribution in [-0.2, 0) is 9.53 Å². The number of hydrogen-bond donors (Lipinski definition) is 2. The van der Waals surface area contributed by atoms with Crippen LogP contribution in [0.3, 0.4) is 0 Å². The lowest BCUT2D eigenvalue weighted by Gasteiger charge is -2.22. The van der Waals surface area contributed by atoms with E-state index in [-0.39, 0.29) is 18.9 Å². The summed E-state index contributed by atoms with van der Waals surface area (Å²) >= 11 is 0. The van der Waals surface area contributed by atoms with Gasteiger partial charge in [-0.3, -0.25) is 0 Å². The van der Waals surface area contributed by atoms with Crippen LogP contribution in [0.5, 0.6) is 0 Å². The summed E-state index contributed by atoms with van der Waals surface area (Å²) < 4.78 is 5.50. The Morgan fingerprint density at radius 3 is 2.24 bits per heavy atom. The molecule has 0 spiro atoms. The van der Waals surface area contributed by atoms with Gasteiger partial charge < -0.3 is 20.1 Å². The number of carbonyl (C=O) groups excluding carboxylic acids is 1. The molecule has 0 aliphatic heterocycles. The Bertz CT molecular complexity index is 1110. The van der Waals surface area contributed by atoms with Gasteiger partial charge in [-0.05, 0) is 53.3 Å². The highest BCUT2D eigenvalue weighted by Crippen LogP contribution is 2.44. The second-order valence-electron chi connectivity index (χ2n) is 8.41. The van der Waals surface area contributed by atoms with Crippen molar-refractivity contribution in [2.75, 3.05) is 25.1 Å². The Labute approximate surface area is 193 Å². The first-order chi connectivity index (χ1) is 15.9. The van der Waals surface area contributed by atoms with Crippen LogP contribution in [-0.4, -0.2) is 43.4 Å². The third-order valence-corrected chi connectivity index (χ3v) is 6.13. The van der Waals surface area contributed by atoms with E-state index in [2.05, 4.69) is 17.4 Å². The number of amides is 1. The molecule has 0 saturated carbocycles. The van der Waals surface area contributed by atoms with Gasteiger partial charge in [0.1, 0.15) is 12.6 Å². The number of benzene rings is 3. The van der Waals surface area contributed by atoms with Crippen LogP contribution in [0, 0.1) is 6.92 Å². The predicted molar refractivity (Wildman–Crippen MR) is 129 cm³/mol. The lowest BCUT2D eigenvalue weighted by molar-refractivity contribution is -0.139. The van der Waals surface area contributed by atoms with E-state index in [1.807, 2.05) is 79.5 Å². The molecule has 2 N–H and O–H groups in total. The number of rotatable bonds is 8. The summed E-state index contributed by atoms with van der Waals surface area (Å²) in [6.07, 6.45) is -0.466. The van der Waals surface area contributed by atoms with Crippen molar-refractivity contribution < 1.29 is 19.4 Å². The number of anilines is 1. The van der Waals surface area contributed by atoms with Crippen molar-refractivity contribution in [2.24, 2.45) is 0 Å². The third kappa shape index (κ3) is 5.00. The van der Waals surface area contributed by atoms with Gasteiger partial charge in [-0.15, -0.1) is 0 Å². The van der Waals surface area contributed by atoms with E-state index in [0.29, 0.717) is 6.54 Å². The van der Waals surface area contributed by atoms with E-state index in [0.717, 1.165) is 33.5 Å². The zero-order valence-corrected chi connectivity index (χ0v) is 18.8. The van der Waals surface area contributed by atoms with Gasteiger partial charge in [0.15, 0.2) is 0 Å². The highest BCUT2D eigenvalue weighted by Gasteiger charge is 2.29. The minimum atomic E-state index is -1.08. The number of fused-ring (bicyclic) bond motifs is 3. The number of carbonyl (C=O) groups is 2. The van der Waals surface area contributed by atoms with Gasteiger partial charge in [0.2, 0.25) is 0 Å². The van der Waals surface area contributed by atoms with Crippen molar-refractivity contribution >= 4 is 17.7 Å². The molecule has 1 atom stereocenters. The molecule has 33 heavy (non-hydrogen) atoms. The van der Waals surface area contributed by atoms with Gasteiger partial charge in [0.05, 0.1) is 0 Å². The number of hydrogen-bond acceptors (Lipinski definition) is 4. The minimum absolute atomic E-state index is 0.0705. The number of aryl methyl sites for hydroxylation is 1. The SMILES string of the molecule is Cc1cccc(N(C)CC[C@H](NC(=O)OCC2c3ccccc3-c3ccccc32)C(=O)O)c1. The summed E-state index contributed by atoms with van der Waals surface area (Å²) in [5.74, 6) is -1.15. The quantitative estimate of drug-likeness (QED) is 0.521. The monoisotopic (exact) mass is 444 g/mol. The number of carboxylic acid groups (broad SMARTS) is 1. The largest absolute Gasteiger partial charge is 0.480 e. The number of alkyl carbamates (subject to hydrolysis) is 1. The lowest BCUT2D eigenvalue weighted by Crippen LogP contribution is -2.43. The Balaban J connectivity index is 1.36. The summed E-state index contributed by atoms with van der Waals surface area (Å²) in [6.45, 7) is 2.63. The van der Waals surface area contributed by atoms with Crippen LogP contribution in [0.25, 0.3) is 11.1 Å². The molecular weight excluding hydrogens is 416 g/mol. The van der Waals surface area contributed by atoms with Crippen molar-refractivity contribution in [3.8, 4) is 11.1 Å². The van der Waals surface area contributed by atoms with Crippen molar-refractivity contribution in [3.63, 3.8) is 0 Å². The summed E-state index contributed by atoms with van der Waals surface area (Å²) in [5, 5.41) is 12.1. The number of ether oxygens (including phenoxy) is 1. The first-order valence-electron chi connectivity index (χ1n) is 11.1. The molecule has 3 aromatic carbocycles. The Hall–Kier alpha value is -3.80. The van der Waals surface area contributed by atoms with Crippen LogP contribution in [0.2, 0.25) is 0 Å². The minimum Gasteiger partial charge on any atom is -0.480 e. The van der Waals surface area contributed by atoms with E-state index in [1.54, 1.807) is 0 Å². The van der Waals surface area contributed by atoms with Gasteiger partial charge >= 0.3 is 12.1 Å². The summed E-state index contributed by atoms with van der Waals surface area (Å²) in [6, 6.07) is 23.1. The summed E-state index contributed by atoms with van der Waals surface area (Å²) in [4.78, 5) is 26.2. The molecule has 1 aliphatic rings. The average Bonchev–Trinajstić information content (AvgIpc) is 3.13. The van der Waals surface area contributed by atoms with Crippen LogP contribution < -0.4 is 10.2 Å².